The van der Waals surface area contributed by atoms with Crippen molar-refractivity contribution in [1.29, 1.82) is 0 Å². The predicted molar refractivity (Wildman–Crippen MR) is 164 cm³/mol. The van der Waals surface area contributed by atoms with Crippen molar-refractivity contribution in [2.45, 2.75) is 82.9 Å². The first-order chi connectivity index (χ1) is 20.8. The number of ether oxygens (including phenoxy) is 1. The maximum absolute atomic E-state index is 13.7. The van der Waals surface area contributed by atoms with Crippen LogP contribution in [0.4, 0.5) is 5.69 Å². The average molecular weight is 592 g/mol. The van der Waals surface area contributed by atoms with Crippen LogP contribution in [-0.4, -0.2) is 65.9 Å². The van der Waals surface area contributed by atoms with Crippen LogP contribution in [0.25, 0.3) is 0 Å². The molecule has 1 aliphatic heterocycles. The molecule has 9 heteroatoms. The Hall–Kier alpha value is -3.43. The monoisotopic (exact) mass is 591 g/mol. The Balaban J connectivity index is 1.29. The van der Waals surface area contributed by atoms with Crippen molar-refractivity contribution >= 4 is 23.4 Å². The molecule has 3 aliphatic rings. The van der Waals surface area contributed by atoms with Gasteiger partial charge >= 0.3 is 0 Å². The zero-order chi connectivity index (χ0) is 30.3. The van der Waals surface area contributed by atoms with Gasteiger partial charge in [0.05, 0.1) is 18.8 Å². The molecule has 1 saturated heterocycles. The highest BCUT2D eigenvalue weighted by Gasteiger charge is 2.40. The summed E-state index contributed by atoms with van der Waals surface area (Å²) in [4.78, 5) is 40.8. The second kappa shape index (κ2) is 14.4. The lowest BCUT2D eigenvalue weighted by atomic mass is 9.92. The average Bonchev–Trinajstić information content (AvgIpc) is 3.76. The number of anilines is 1. The lowest BCUT2D eigenvalue weighted by Gasteiger charge is -2.28. The van der Waals surface area contributed by atoms with Crippen LogP contribution < -0.4 is 20.3 Å². The molecule has 2 aromatic carbocycles. The molecule has 0 radical (unpaired) electrons. The fourth-order valence-corrected chi connectivity index (χ4v) is 7.00. The third-order valence-corrected chi connectivity index (χ3v) is 9.37. The molecule has 2 saturated carbocycles. The summed E-state index contributed by atoms with van der Waals surface area (Å²) < 4.78 is 5.63. The molecular weight excluding hydrogens is 546 g/mol. The number of fused-ring (bicyclic) bond motifs is 2. The lowest BCUT2D eigenvalue weighted by Crippen LogP contribution is -2.46. The molecule has 5 rings (SSSR count). The quantitative estimate of drug-likeness (QED) is 0.266. The first kappa shape index (κ1) is 31.0. The summed E-state index contributed by atoms with van der Waals surface area (Å²) in [6, 6.07) is 14.5. The van der Waals surface area contributed by atoms with Crippen LogP contribution in [0.5, 0.6) is 5.75 Å². The minimum Gasteiger partial charge on any atom is -0.491 e. The zero-order valence-electron chi connectivity index (χ0n) is 25.0. The fraction of sp³-hybridized carbons (Fsp3) is 0.559. The van der Waals surface area contributed by atoms with Gasteiger partial charge in [-0.15, -0.1) is 0 Å². The normalized spacial score (nSPS) is 23.2. The molecule has 1 heterocycles. The van der Waals surface area contributed by atoms with Crippen molar-refractivity contribution in [3.8, 4) is 5.75 Å². The van der Waals surface area contributed by atoms with Gasteiger partial charge in [0.2, 0.25) is 11.8 Å². The van der Waals surface area contributed by atoms with E-state index < -0.39 is 24.0 Å². The van der Waals surface area contributed by atoms with Crippen LogP contribution in [-0.2, 0) is 16.0 Å². The Bertz CT molecular complexity index is 1270. The number of nitrogens with zero attached hydrogens (tertiary/aromatic N) is 1. The highest BCUT2D eigenvalue weighted by Crippen LogP contribution is 2.44. The summed E-state index contributed by atoms with van der Waals surface area (Å²) in [5.41, 5.74) is 1.95. The number of aryl methyl sites for hydroxylation is 1. The van der Waals surface area contributed by atoms with Crippen molar-refractivity contribution in [2.75, 3.05) is 24.7 Å². The van der Waals surface area contributed by atoms with Crippen LogP contribution in [0.15, 0.2) is 48.5 Å². The van der Waals surface area contributed by atoms with E-state index in [1.54, 1.807) is 23.1 Å². The smallest absolute Gasteiger partial charge is 0.251 e. The van der Waals surface area contributed by atoms with Gasteiger partial charge in [0.15, 0.2) is 0 Å². The summed E-state index contributed by atoms with van der Waals surface area (Å²) >= 11 is 0. The fourth-order valence-electron chi connectivity index (χ4n) is 7.00. The van der Waals surface area contributed by atoms with E-state index in [0.29, 0.717) is 48.7 Å². The van der Waals surface area contributed by atoms with Crippen LogP contribution in [0.3, 0.4) is 0 Å². The van der Waals surface area contributed by atoms with E-state index in [-0.39, 0.29) is 37.5 Å². The van der Waals surface area contributed by atoms with Crippen LogP contribution in [0, 0.1) is 17.8 Å². The van der Waals surface area contributed by atoms with E-state index in [2.05, 4.69) is 10.6 Å². The van der Waals surface area contributed by atoms with E-state index in [1.165, 1.54) is 19.3 Å². The van der Waals surface area contributed by atoms with Gasteiger partial charge in [0, 0.05) is 42.2 Å². The minimum atomic E-state index is -0.943. The summed E-state index contributed by atoms with van der Waals surface area (Å²) in [6.07, 6.45) is 6.29. The van der Waals surface area contributed by atoms with E-state index in [0.717, 1.165) is 24.3 Å². The number of carbonyl (C=O) groups excluding carboxylic acids is 3. The van der Waals surface area contributed by atoms with Gasteiger partial charge in [-0.05, 0) is 74.5 Å². The molecule has 3 amide bonds. The predicted octanol–water partition coefficient (Wildman–Crippen LogP) is 3.61. The number of aliphatic hydroxyl groups is 2. The molecule has 0 aromatic heterocycles. The van der Waals surface area contributed by atoms with Gasteiger partial charge in [-0.2, -0.15) is 0 Å². The summed E-state index contributed by atoms with van der Waals surface area (Å²) in [5, 5.41) is 26.9. The summed E-state index contributed by atoms with van der Waals surface area (Å²) in [7, 11) is 0. The number of benzene rings is 2. The summed E-state index contributed by atoms with van der Waals surface area (Å²) in [5.74, 6) is 0.806. The number of carbonyl (C=O) groups is 3. The van der Waals surface area contributed by atoms with Gasteiger partial charge in [0.25, 0.3) is 5.91 Å². The molecule has 9 nitrogen and oxygen atoms in total. The number of nitrogens with one attached hydrogen (secondary N) is 2. The Kier molecular flexibility index (Phi) is 10.4. The largest absolute Gasteiger partial charge is 0.491 e. The molecule has 2 bridgehead atoms. The second-order valence-corrected chi connectivity index (χ2v) is 12.5. The van der Waals surface area contributed by atoms with Crippen LogP contribution in [0.2, 0.25) is 0 Å². The first-order valence-corrected chi connectivity index (χ1v) is 15.8. The molecular formula is C34H45N3O6. The highest BCUT2D eigenvalue weighted by atomic mass is 16.5. The molecule has 43 heavy (non-hydrogen) atoms. The Morgan fingerprint density at radius 3 is 2.60 bits per heavy atom. The van der Waals surface area contributed by atoms with E-state index in [1.807, 2.05) is 37.3 Å². The highest BCUT2D eigenvalue weighted by molar-refractivity contribution is 5.99. The van der Waals surface area contributed by atoms with Crippen molar-refractivity contribution in [1.82, 2.24) is 10.6 Å². The van der Waals surface area contributed by atoms with Crippen molar-refractivity contribution < 1.29 is 29.3 Å². The number of amides is 3. The molecule has 0 spiro atoms. The van der Waals surface area contributed by atoms with E-state index >= 15 is 0 Å². The Labute approximate surface area is 254 Å². The number of rotatable bonds is 14. The maximum Gasteiger partial charge on any atom is 0.251 e. The number of hydrogen-bond acceptors (Lipinski definition) is 6. The van der Waals surface area contributed by atoms with Gasteiger partial charge in [-0.3, -0.25) is 14.4 Å². The summed E-state index contributed by atoms with van der Waals surface area (Å²) in [6.45, 7) is 2.27. The molecule has 4 unspecified atom stereocenters. The SMILES string of the molecule is C[C@H](C[C@H](O)C(CCc1ccccc1)NC(=O)c1cc(OCCO)cc(N2CCCC2=O)c1)C(=O)NC1CC2CCC1C2. The Morgan fingerprint density at radius 2 is 1.93 bits per heavy atom. The van der Waals surface area contributed by atoms with Gasteiger partial charge in [0.1, 0.15) is 12.4 Å². The standard InChI is InChI=1S/C34H45N3O6/c1-22(33(41)36-30-18-24-9-11-25(30)17-24)16-31(39)29(12-10-23-6-3-2-4-7-23)35-34(42)26-19-27(37-13-5-8-32(37)40)21-28(20-26)43-15-14-38/h2-4,6-7,19-22,24-25,29-31,38-39H,5,8-18H2,1H3,(H,35,42)(H,36,41)/t22-,24?,25?,29?,30?,31+/m1/s1. The minimum absolute atomic E-state index is 0.0143. The number of aliphatic hydroxyl groups excluding tert-OH is 2. The number of hydrogen-bond donors (Lipinski definition) is 4. The Morgan fingerprint density at radius 1 is 1.12 bits per heavy atom. The maximum atomic E-state index is 13.7. The lowest BCUT2D eigenvalue weighted by molar-refractivity contribution is -0.126. The molecule has 2 aliphatic carbocycles. The second-order valence-electron chi connectivity index (χ2n) is 12.5. The van der Waals surface area contributed by atoms with Crippen molar-refractivity contribution in [3.63, 3.8) is 0 Å². The molecule has 232 valence electrons. The van der Waals surface area contributed by atoms with Gasteiger partial charge < -0.3 is 30.5 Å². The zero-order valence-corrected chi connectivity index (χ0v) is 25.0. The van der Waals surface area contributed by atoms with Crippen LogP contribution in [0.1, 0.15) is 74.2 Å². The third kappa shape index (κ3) is 7.95. The van der Waals surface area contributed by atoms with Gasteiger partial charge in [-0.1, -0.05) is 43.7 Å². The molecule has 6 atom stereocenters. The van der Waals surface area contributed by atoms with Crippen LogP contribution >= 0.6 is 0 Å². The third-order valence-electron chi connectivity index (χ3n) is 9.37. The molecule has 2 aromatic rings. The van der Waals surface area contributed by atoms with E-state index in [4.69, 9.17) is 4.74 Å². The van der Waals surface area contributed by atoms with E-state index in [9.17, 15) is 24.6 Å². The molecule has 4 N–H and O–H groups in total. The molecule has 3 fully saturated rings. The van der Waals surface area contributed by atoms with Crippen molar-refractivity contribution in [2.24, 2.45) is 17.8 Å². The first-order valence-electron chi connectivity index (χ1n) is 15.8. The van der Waals surface area contributed by atoms with Gasteiger partial charge in [-0.25, -0.2) is 0 Å². The van der Waals surface area contributed by atoms with Crippen molar-refractivity contribution in [3.05, 3.63) is 59.7 Å². The topological polar surface area (TPSA) is 128 Å².